The second kappa shape index (κ2) is 6.74. The second-order valence-corrected chi connectivity index (χ2v) is 10.1. The fourth-order valence-electron chi connectivity index (χ4n) is 4.73. The minimum absolute atomic E-state index is 0.129. The number of hydrogen-bond acceptors (Lipinski definition) is 5. The Morgan fingerprint density at radius 2 is 1.88 bits per heavy atom. The quantitative estimate of drug-likeness (QED) is 0.689. The van der Waals surface area contributed by atoms with Gasteiger partial charge in [0.2, 0.25) is 15.6 Å². The Morgan fingerprint density at radius 1 is 1.12 bits per heavy atom. The van der Waals surface area contributed by atoms with Gasteiger partial charge in [0, 0.05) is 17.9 Å². The Kier molecular flexibility index (Phi) is 4.85. The lowest BCUT2D eigenvalue weighted by atomic mass is 9.74. The van der Waals surface area contributed by atoms with E-state index in [1.807, 2.05) is 6.92 Å². The lowest BCUT2D eigenvalue weighted by molar-refractivity contribution is -0.519. The third-order valence-corrected chi connectivity index (χ3v) is 8.30. The van der Waals surface area contributed by atoms with Crippen molar-refractivity contribution in [1.82, 2.24) is 0 Å². The average molecular weight is 401 g/mol. The molecule has 0 amide bonds. The van der Waals surface area contributed by atoms with Crippen LogP contribution in [0.4, 0.5) is 0 Å². The van der Waals surface area contributed by atoms with Gasteiger partial charge in [-0.25, -0.2) is 18.2 Å². The van der Waals surface area contributed by atoms with Crippen LogP contribution in [0.15, 0.2) is 29.2 Å². The van der Waals surface area contributed by atoms with Gasteiger partial charge < -0.3 is 4.74 Å². The Balaban J connectivity index is 1.80. The molecular formula is C19H25ClO5S. The Labute approximate surface area is 159 Å². The fraction of sp³-hybridized carbons (Fsp3) is 0.684. The molecule has 26 heavy (non-hydrogen) atoms. The molecule has 0 unspecified atom stereocenters. The number of rotatable bonds is 4. The van der Waals surface area contributed by atoms with Crippen LogP contribution in [0.2, 0.25) is 5.02 Å². The van der Waals surface area contributed by atoms with Gasteiger partial charge in [-0.2, -0.15) is 0 Å². The molecule has 1 aliphatic carbocycles. The van der Waals surface area contributed by atoms with E-state index in [1.165, 1.54) is 0 Å². The van der Waals surface area contributed by atoms with Crippen molar-refractivity contribution >= 4 is 21.4 Å². The SMILES string of the molecule is CCC[C@]12CC[C@H]3CCCC[C@@]3(OO1)[C@H](S(=O)(=O)c1ccc(Cl)cc1)O2. The van der Waals surface area contributed by atoms with E-state index < -0.39 is 26.7 Å². The minimum Gasteiger partial charge on any atom is -0.324 e. The van der Waals surface area contributed by atoms with Crippen molar-refractivity contribution in [3.05, 3.63) is 29.3 Å². The molecule has 1 aromatic carbocycles. The van der Waals surface area contributed by atoms with Crippen LogP contribution in [0.1, 0.15) is 58.3 Å². The number of hydrogen-bond donors (Lipinski definition) is 0. The van der Waals surface area contributed by atoms with Crippen molar-refractivity contribution in [2.24, 2.45) is 5.92 Å². The largest absolute Gasteiger partial charge is 0.324 e. The Bertz CT molecular complexity index is 761. The molecule has 5 nitrogen and oxygen atoms in total. The van der Waals surface area contributed by atoms with Crippen molar-refractivity contribution in [3.8, 4) is 0 Å². The maximum absolute atomic E-state index is 13.5. The van der Waals surface area contributed by atoms with E-state index in [9.17, 15) is 8.42 Å². The molecule has 0 N–H and O–H groups in total. The zero-order valence-electron chi connectivity index (χ0n) is 14.9. The van der Waals surface area contributed by atoms with Crippen molar-refractivity contribution < 1.29 is 22.9 Å². The summed E-state index contributed by atoms with van der Waals surface area (Å²) in [6.07, 6.45) is 6.56. The van der Waals surface area contributed by atoms with E-state index >= 15 is 0 Å². The summed E-state index contributed by atoms with van der Waals surface area (Å²) in [7, 11) is -3.75. The van der Waals surface area contributed by atoms with Crippen LogP contribution >= 0.6 is 11.6 Å². The standard InChI is InChI=1S/C19H25ClO5S/c1-2-11-18-13-10-14-5-3-4-12-19(14,25-24-18)17(23-18)26(21,22)16-8-6-15(20)7-9-16/h6-9,14,17H,2-5,10-13H2,1H3/t14-,17+,18-,19+/m1/s1. The summed E-state index contributed by atoms with van der Waals surface area (Å²) in [5.41, 5.74) is -1.98. The summed E-state index contributed by atoms with van der Waals surface area (Å²) < 4.78 is 33.3. The third kappa shape index (κ3) is 2.90. The molecule has 3 aliphatic heterocycles. The molecule has 4 aliphatic rings. The van der Waals surface area contributed by atoms with Crippen LogP contribution in [-0.4, -0.2) is 25.2 Å². The van der Waals surface area contributed by atoms with Crippen molar-refractivity contribution in [2.75, 3.05) is 0 Å². The molecule has 2 bridgehead atoms. The van der Waals surface area contributed by atoms with Crippen LogP contribution in [-0.2, 0) is 24.3 Å². The number of halogens is 1. The Hall–Kier alpha value is -0.660. The number of sulfone groups is 1. The maximum Gasteiger partial charge on any atom is 0.208 e. The lowest BCUT2D eigenvalue weighted by Gasteiger charge is -2.50. The molecule has 7 heteroatoms. The highest BCUT2D eigenvalue weighted by molar-refractivity contribution is 7.92. The van der Waals surface area contributed by atoms with E-state index in [2.05, 4.69) is 0 Å². The first-order chi connectivity index (χ1) is 12.4. The number of ether oxygens (including phenoxy) is 1. The predicted octanol–water partition coefficient (Wildman–Crippen LogP) is 4.64. The van der Waals surface area contributed by atoms with Gasteiger partial charge in [-0.15, -0.1) is 0 Å². The zero-order valence-corrected chi connectivity index (χ0v) is 16.5. The predicted molar refractivity (Wildman–Crippen MR) is 97.2 cm³/mol. The summed E-state index contributed by atoms with van der Waals surface area (Å²) in [4.78, 5) is 11.9. The number of benzene rings is 1. The molecule has 0 aromatic heterocycles. The first-order valence-corrected chi connectivity index (χ1v) is 11.4. The van der Waals surface area contributed by atoms with Crippen LogP contribution < -0.4 is 0 Å². The van der Waals surface area contributed by atoms with Gasteiger partial charge in [-0.3, -0.25) is 0 Å². The lowest BCUT2D eigenvalue weighted by Crippen LogP contribution is -2.61. The topological polar surface area (TPSA) is 61.8 Å². The van der Waals surface area contributed by atoms with Crippen LogP contribution in [0.25, 0.3) is 0 Å². The Morgan fingerprint density at radius 3 is 2.62 bits per heavy atom. The first-order valence-electron chi connectivity index (χ1n) is 9.46. The summed E-state index contributed by atoms with van der Waals surface area (Å²) in [5, 5.41) is 0.503. The van der Waals surface area contributed by atoms with Crippen molar-refractivity contribution in [1.29, 1.82) is 0 Å². The zero-order chi connectivity index (χ0) is 18.4. The fourth-order valence-corrected chi connectivity index (χ4v) is 6.80. The minimum atomic E-state index is -3.75. The van der Waals surface area contributed by atoms with Gasteiger partial charge in [0.1, 0.15) is 5.60 Å². The molecule has 144 valence electrons. The summed E-state index contributed by atoms with van der Waals surface area (Å²) in [6, 6.07) is 6.28. The molecule has 0 radical (unpaired) electrons. The molecule has 1 saturated carbocycles. The molecule has 4 fully saturated rings. The highest BCUT2D eigenvalue weighted by atomic mass is 35.5. The molecule has 1 spiro atoms. The van der Waals surface area contributed by atoms with Crippen LogP contribution in [0.5, 0.6) is 0 Å². The van der Waals surface area contributed by atoms with Crippen molar-refractivity contribution in [3.63, 3.8) is 0 Å². The van der Waals surface area contributed by atoms with E-state index in [-0.39, 0.29) is 10.8 Å². The molecule has 5 rings (SSSR count). The highest BCUT2D eigenvalue weighted by Gasteiger charge is 2.64. The van der Waals surface area contributed by atoms with E-state index in [4.69, 9.17) is 26.1 Å². The summed E-state index contributed by atoms with van der Waals surface area (Å²) in [5.74, 6) is -0.842. The smallest absolute Gasteiger partial charge is 0.208 e. The summed E-state index contributed by atoms with van der Waals surface area (Å²) >= 11 is 5.94. The molecule has 1 aromatic rings. The average Bonchev–Trinajstić information content (AvgIpc) is 2.88. The van der Waals surface area contributed by atoms with E-state index in [0.717, 1.165) is 32.1 Å². The first kappa shape index (κ1) is 18.7. The van der Waals surface area contributed by atoms with E-state index in [0.29, 0.717) is 24.3 Å². The maximum atomic E-state index is 13.5. The third-order valence-electron chi connectivity index (χ3n) is 6.06. The van der Waals surface area contributed by atoms with Gasteiger partial charge in [0.15, 0.2) is 5.44 Å². The number of fused-ring (bicyclic) bond motifs is 3. The van der Waals surface area contributed by atoms with Crippen molar-refractivity contribution in [2.45, 2.75) is 80.0 Å². The molecule has 3 heterocycles. The van der Waals surface area contributed by atoms with Gasteiger partial charge >= 0.3 is 0 Å². The monoisotopic (exact) mass is 400 g/mol. The van der Waals surface area contributed by atoms with Gasteiger partial charge in [0.05, 0.1) is 4.90 Å². The van der Waals surface area contributed by atoms with Gasteiger partial charge in [0.25, 0.3) is 0 Å². The van der Waals surface area contributed by atoms with Gasteiger partial charge in [-0.05, 0) is 49.4 Å². The highest BCUT2D eigenvalue weighted by Crippen LogP contribution is 2.55. The molecular weight excluding hydrogens is 376 g/mol. The van der Waals surface area contributed by atoms with Gasteiger partial charge in [-0.1, -0.05) is 37.8 Å². The normalized spacial score (nSPS) is 37.2. The summed E-state index contributed by atoms with van der Waals surface area (Å²) in [6.45, 7) is 2.03. The van der Waals surface area contributed by atoms with E-state index in [1.54, 1.807) is 24.3 Å². The molecule has 4 atom stereocenters. The molecule has 3 saturated heterocycles. The van der Waals surface area contributed by atoms with Crippen LogP contribution in [0, 0.1) is 5.92 Å². The van der Waals surface area contributed by atoms with Crippen LogP contribution in [0.3, 0.4) is 0 Å². The second-order valence-electron chi connectivity index (χ2n) is 7.71.